The second-order valence-electron chi connectivity index (χ2n) is 20.2. The Balaban J connectivity index is 1.31. The molecule has 12 atom stereocenters. The molecule has 2 aromatic carbocycles. The number of nitrogens with zero attached hydrogens (tertiary/aromatic N) is 3. The molecule has 352 valence electrons. The van der Waals surface area contributed by atoms with Crippen molar-refractivity contribution in [1.29, 1.82) is 0 Å². The van der Waals surface area contributed by atoms with E-state index in [1.165, 1.54) is 7.11 Å². The van der Waals surface area contributed by atoms with E-state index in [2.05, 4.69) is 32.2 Å². The number of aliphatic hydroxyl groups excluding tert-OH is 1. The van der Waals surface area contributed by atoms with Gasteiger partial charge in [0.25, 0.3) is 5.91 Å². The minimum Gasteiger partial charge on any atom is -0.496 e. The van der Waals surface area contributed by atoms with Crippen molar-refractivity contribution in [2.45, 2.75) is 126 Å². The first kappa shape index (κ1) is 45.7. The summed E-state index contributed by atoms with van der Waals surface area (Å²) >= 11 is 0. The van der Waals surface area contributed by atoms with Crippen LogP contribution in [0.25, 0.3) is 10.9 Å². The Hall–Kier alpha value is -4.47. The van der Waals surface area contributed by atoms with Crippen LogP contribution in [0.15, 0.2) is 48.6 Å². The van der Waals surface area contributed by atoms with Crippen LogP contribution in [-0.2, 0) is 41.1 Å². The largest absolute Gasteiger partial charge is 0.496 e. The standard InChI is InChI=1S/C51H69N5O9/c1-9-30(5)39(41(57)65-12-4)53-45(59)51(62)43-49(20-23-56-21-15-19-48(11-3,42(49)56)44(51)58)34-24-35(38(63-7)25-37(34)54(43)6)50(46(60)64-8)27-31-26-47(61,10-2)29-55(28-31)22-18-33-32-16-13-14-17-36(32)52-40(33)50/h13-17,19,24-25,30-31,39,42-44,52,58,61-62H,9-12,18,20-23,26-29H2,1-8H3,(H,53,59)/t30?,31?,39?,42?,43?,44?,47-,48+,49+,50-,51-/m0/s1. The number of hydrogen-bond donors (Lipinski definition) is 5. The summed E-state index contributed by atoms with van der Waals surface area (Å²) in [7, 11) is 4.88. The number of fused-ring (bicyclic) bond motifs is 6. The molecule has 6 heterocycles. The maximum Gasteiger partial charge on any atom is 0.328 e. The van der Waals surface area contributed by atoms with Gasteiger partial charge in [-0.1, -0.05) is 64.5 Å². The van der Waals surface area contributed by atoms with E-state index < -0.39 is 63.5 Å². The van der Waals surface area contributed by atoms with Crippen LogP contribution in [0.1, 0.15) is 95.5 Å². The highest BCUT2D eigenvalue weighted by Gasteiger charge is 2.79. The number of anilines is 1. The van der Waals surface area contributed by atoms with Crippen molar-refractivity contribution in [2.75, 3.05) is 65.5 Å². The van der Waals surface area contributed by atoms with Gasteiger partial charge in [-0.05, 0) is 87.1 Å². The van der Waals surface area contributed by atoms with E-state index in [0.29, 0.717) is 94.7 Å². The lowest BCUT2D eigenvalue weighted by molar-refractivity contribution is -0.204. The second-order valence-corrected chi connectivity index (χ2v) is 20.2. The third kappa shape index (κ3) is 6.32. The Morgan fingerprint density at radius 1 is 1.00 bits per heavy atom. The molecule has 2 saturated heterocycles. The van der Waals surface area contributed by atoms with Gasteiger partial charge in [-0.25, -0.2) is 4.79 Å². The van der Waals surface area contributed by atoms with Crippen molar-refractivity contribution >= 4 is 34.4 Å². The Kier molecular flexibility index (Phi) is 11.5. The highest BCUT2D eigenvalue weighted by Crippen LogP contribution is 2.67. The number of benzene rings is 2. The molecule has 5 aliphatic heterocycles. The Morgan fingerprint density at radius 3 is 2.46 bits per heavy atom. The van der Waals surface area contributed by atoms with Crippen molar-refractivity contribution in [3.05, 3.63) is 70.9 Å². The van der Waals surface area contributed by atoms with Gasteiger partial charge in [0.1, 0.15) is 23.3 Å². The molecule has 9 rings (SSSR count). The maximum atomic E-state index is 15.5. The summed E-state index contributed by atoms with van der Waals surface area (Å²) in [5.74, 6) is -1.89. The minimum atomic E-state index is -2.44. The fourth-order valence-electron chi connectivity index (χ4n) is 14.2. The van der Waals surface area contributed by atoms with E-state index in [1.54, 1.807) is 14.0 Å². The molecule has 1 aromatic heterocycles. The van der Waals surface area contributed by atoms with Crippen molar-refractivity contribution in [3.63, 3.8) is 0 Å². The van der Waals surface area contributed by atoms with Crippen LogP contribution in [0.3, 0.4) is 0 Å². The average Bonchev–Trinajstić information content (AvgIpc) is 3.97. The molecule has 6 aliphatic rings. The minimum absolute atomic E-state index is 0.119. The lowest BCUT2D eigenvalue weighted by Crippen LogP contribution is -2.82. The van der Waals surface area contributed by atoms with Gasteiger partial charge in [0, 0.05) is 84.0 Å². The summed E-state index contributed by atoms with van der Waals surface area (Å²) in [5, 5.41) is 42.6. The molecule has 2 bridgehead atoms. The fourth-order valence-corrected chi connectivity index (χ4v) is 14.2. The number of rotatable bonds is 11. The van der Waals surface area contributed by atoms with Gasteiger partial charge in [0.2, 0.25) is 0 Å². The molecule has 1 aliphatic carbocycles. The van der Waals surface area contributed by atoms with E-state index in [4.69, 9.17) is 14.2 Å². The van der Waals surface area contributed by atoms with Crippen LogP contribution < -0.4 is 15.0 Å². The van der Waals surface area contributed by atoms with Crippen LogP contribution in [0.5, 0.6) is 5.75 Å². The SMILES string of the molecule is CCOC(=O)C(NC(=O)[C@@]1(O)C(O)[C@]2(CC)C=CCN3CC[C@@]4(c5cc([C@@]6(C(=O)OC)CC7CN(CCc8c6[nH]c6ccccc86)C[C@](O)(CC)C7)c(OC)cc5N(C)C14)C32)C(C)CC. The molecule has 1 saturated carbocycles. The number of hydrogen-bond acceptors (Lipinski definition) is 12. The Labute approximate surface area is 382 Å². The molecule has 3 fully saturated rings. The summed E-state index contributed by atoms with van der Waals surface area (Å²) in [6, 6.07) is 9.73. The average molecular weight is 896 g/mol. The first-order valence-electron chi connectivity index (χ1n) is 24.0. The Bertz CT molecular complexity index is 2400. The first-order valence-corrected chi connectivity index (χ1v) is 24.0. The highest BCUT2D eigenvalue weighted by molar-refractivity contribution is 5.96. The van der Waals surface area contributed by atoms with E-state index in [9.17, 15) is 20.1 Å². The number of aromatic nitrogens is 1. The van der Waals surface area contributed by atoms with Crippen LogP contribution >= 0.6 is 0 Å². The van der Waals surface area contributed by atoms with Crippen LogP contribution in [-0.4, -0.2) is 144 Å². The molecule has 65 heavy (non-hydrogen) atoms. The van der Waals surface area contributed by atoms with Crippen LogP contribution in [0.2, 0.25) is 0 Å². The Morgan fingerprint density at radius 2 is 1.77 bits per heavy atom. The van der Waals surface area contributed by atoms with E-state index in [0.717, 1.165) is 27.7 Å². The number of amides is 1. The molecule has 3 aromatic rings. The molecule has 14 nitrogen and oxygen atoms in total. The monoisotopic (exact) mass is 896 g/mol. The topological polar surface area (TPSA) is 177 Å². The van der Waals surface area contributed by atoms with Gasteiger partial charge in [-0.2, -0.15) is 0 Å². The number of likely N-dealkylation sites (N-methyl/N-ethyl adjacent to an activating group) is 1. The molecule has 1 spiro atoms. The van der Waals surface area contributed by atoms with Gasteiger partial charge < -0.3 is 44.7 Å². The number of nitrogens with one attached hydrogen (secondary N) is 2. The number of ether oxygens (including phenoxy) is 3. The second kappa shape index (κ2) is 16.4. The molecule has 14 heteroatoms. The zero-order chi connectivity index (χ0) is 46.4. The lowest BCUT2D eigenvalue weighted by Gasteiger charge is -2.63. The molecule has 5 N–H and O–H groups in total. The van der Waals surface area contributed by atoms with Crippen molar-refractivity contribution in [1.82, 2.24) is 20.1 Å². The summed E-state index contributed by atoms with van der Waals surface area (Å²) < 4.78 is 17.9. The molecule has 0 radical (unpaired) electrons. The fraction of sp³-hybridized carbons (Fsp3) is 0.627. The lowest BCUT2D eigenvalue weighted by atomic mass is 9.47. The molecule has 1 amide bonds. The van der Waals surface area contributed by atoms with Gasteiger partial charge in [-0.15, -0.1) is 0 Å². The van der Waals surface area contributed by atoms with E-state index >= 15 is 9.59 Å². The maximum absolute atomic E-state index is 15.5. The number of carbonyl (C=O) groups is 3. The molecular weight excluding hydrogens is 827 g/mol. The summed E-state index contributed by atoms with van der Waals surface area (Å²) in [6.07, 6.45) is 5.98. The smallest absolute Gasteiger partial charge is 0.328 e. The van der Waals surface area contributed by atoms with Gasteiger partial charge in [0.05, 0.1) is 32.5 Å². The third-order valence-corrected chi connectivity index (χ3v) is 17.2. The zero-order valence-corrected chi connectivity index (χ0v) is 39.4. The first-order chi connectivity index (χ1) is 31.1. The summed E-state index contributed by atoms with van der Waals surface area (Å²) in [6.45, 7) is 12.8. The molecule has 7 unspecified atom stereocenters. The molecular formula is C51H69N5O9. The van der Waals surface area contributed by atoms with Crippen LogP contribution in [0, 0.1) is 17.3 Å². The zero-order valence-electron chi connectivity index (χ0n) is 39.4. The van der Waals surface area contributed by atoms with Crippen molar-refractivity contribution < 1.29 is 43.9 Å². The third-order valence-electron chi connectivity index (χ3n) is 17.2. The van der Waals surface area contributed by atoms with E-state index in [-0.39, 0.29) is 24.5 Å². The number of piperidine rings is 1. The van der Waals surface area contributed by atoms with Crippen molar-refractivity contribution in [3.8, 4) is 5.75 Å². The summed E-state index contributed by atoms with van der Waals surface area (Å²) in [5.41, 5.74) is -2.10. The highest BCUT2D eigenvalue weighted by atomic mass is 16.5. The van der Waals surface area contributed by atoms with Crippen molar-refractivity contribution in [2.24, 2.45) is 17.3 Å². The number of aromatic amines is 1. The summed E-state index contributed by atoms with van der Waals surface area (Å²) in [4.78, 5) is 54.7. The predicted molar refractivity (Wildman–Crippen MR) is 247 cm³/mol. The van der Waals surface area contributed by atoms with E-state index in [1.807, 2.05) is 76.1 Å². The van der Waals surface area contributed by atoms with Gasteiger partial charge >= 0.3 is 11.9 Å². The normalized spacial score (nSPS) is 35.7. The van der Waals surface area contributed by atoms with Gasteiger partial charge in [-0.3, -0.25) is 19.4 Å². The number of para-hydroxylation sites is 1. The number of methoxy groups -OCH3 is 2. The number of aliphatic hydroxyl groups is 3. The number of H-pyrrole nitrogens is 1. The number of esters is 2. The predicted octanol–water partition coefficient (Wildman–Crippen LogP) is 4.34. The quantitative estimate of drug-likeness (QED) is 0.136. The van der Waals surface area contributed by atoms with Crippen LogP contribution in [0.4, 0.5) is 5.69 Å². The van der Waals surface area contributed by atoms with Gasteiger partial charge in [0.15, 0.2) is 5.60 Å². The number of carbonyl (C=O) groups excluding carboxylic acids is 3.